The summed E-state index contributed by atoms with van der Waals surface area (Å²) in [6.45, 7) is 3.63. The van der Waals surface area contributed by atoms with Crippen molar-refractivity contribution in [2.45, 2.75) is 0 Å². The van der Waals surface area contributed by atoms with Crippen molar-refractivity contribution in [3.8, 4) is 0 Å². The van der Waals surface area contributed by atoms with Crippen LogP contribution in [0, 0.1) is 0 Å². The normalized spacial score (nSPS) is 10.4. The Bertz CT molecular complexity index is 260. The van der Waals surface area contributed by atoms with Gasteiger partial charge in [0.15, 0.2) is 0 Å². The van der Waals surface area contributed by atoms with Crippen LogP contribution < -0.4 is 10.2 Å². The van der Waals surface area contributed by atoms with E-state index in [-0.39, 0.29) is 11.7 Å². The van der Waals surface area contributed by atoms with Crippen molar-refractivity contribution in [2.75, 3.05) is 12.9 Å². The third kappa shape index (κ3) is 7.45. The Balaban J connectivity index is 3.68. The van der Waals surface area contributed by atoms with E-state index in [1.165, 1.54) is 6.08 Å². The maximum atomic E-state index is 10.6. The molecule has 5 nitrogen and oxygen atoms in total. The third-order valence-electron chi connectivity index (χ3n) is 0.644. The van der Waals surface area contributed by atoms with Gasteiger partial charge in [-0.15, -0.1) is 6.58 Å². The van der Waals surface area contributed by atoms with Gasteiger partial charge in [-0.1, -0.05) is 6.08 Å². The van der Waals surface area contributed by atoms with Crippen molar-refractivity contribution in [1.29, 1.82) is 0 Å². The van der Waals surface area contributed by atoms with Gasteiger partial charge in [-0.05, 0) is 12.2 Å². The molecule has 0 radical (unpaired) electrons. The van der Waals surface area contributed by atoms with E-state index >= 15 is 0 Å². The molecular weight excluding hydrogens is 200 g/mol. The molecule has 12 heavy (non-hydrogen) atoms. The zero-order chi connectivity index (χ0) is 9.61. The van der Waals surface area contributed by atoms with Gasteiger partial charge >= 0.3 is 0 Å². The minimum absolute atomic E-state index is 0.0978. The van der Waals surface area contributed by atoms with Gasteiger partial charge in [0.05, 0.1) is 12.9 Å². The summed E-state index contributed by atoms with van der Waals surface area (Å²) in [5.41, 5.74) is 2.21. The highest BCUT2D eigenvalue weighted by Gasteiger charge is 2.02. The first-order valence-electron chi connectivity index (χ1n) is 2.96. The monoisotopic (exact) mass is 210 g/mol. The molecule has 0 aliphatic rings. The molecule has 0 aliphatic heterocycles. The maximum Gasteiger partial charge on any atom is 0.231 e. The zero-order valence-electron chi connectivity index (χ0n) is 6.53. The van der Waals surface area contributed by atoms with Crippen molar-refractivity contribution in [3.05, 3.63) is 12.7 Å². The zero-order valence-corrected chi connectivity index (χ0v) is 8.17. The van der Waals surface area contributed by atoms with Gasteiger partial charge in [-0.3, -0.25) is 9.56 Å². The van der Waals surface area contributed by atoms with Crippen molar-refractivity contribution < 1.29 is 13.3 Å². The standard InChI is InChI=1S/C5H10N2O3S2/c1-3-4-10-6-5(11)7-12(2,8)9/h3H,1,4H2,2H3,(H2,6,7,11). The Morgan fingerprint density at radius 1 is 1.75 bits per heavy atom. The fourth-order valence-corrected chi connectivity index (χ4v) is 1.25. The van der Waals surface area contributed by atoms with Gasteiger partial charge in [-0.25, -0.2) is 13.9 Å². The molecule has 0 fully saturated rings. The summed E-state index contributed by atoms with van der Waals surface area (Å²) >= 11 is 4.55. The van der Waals surface area contributed by atoms with E-state index in [4.69, 9.17) is 0 Å². The molecule has 0 saturated heterocycles. The number of sulfonamides is 1. The van der Waals surface area contributed by atoms with Gasteiger partial charge in [0.2, 0.25) is 15.1 Å². The summed E-state index contributed by atoms with van der Waals surface area (Å²) in [4.78, 5) is 4.65. The first-order chi connectivity index (χ1) is 5.45. The summed E-state index contributed by atoms with van der Waals surface area (Å²) < 4.78 is 23.1. The first kappa shape index (κ1) is 11.3. The molecule has 0 aromatic carbocycles. The summed E-state index contributed by atoms with van der Waals surface area (Å²) in [7, 11) is -3.32. The Morgan fingerprint density at radius 3 is 2.75 bits per heavy atom. The second kappa shape index (κ2) is 5.07. The van der Waals surface area contributed by atoms with Gasteiger partial charge in [0.1, 0.15) is 0 Å². The topological polar surface area (TPSA) is 67.4 Å². The van der Waals surface area contributed by atoms with Crippen LogP contribution >= 0.6 is 12.2 Å². The molecule has 0 bridgehead atoms. The van der Waals surface area contributed by atoms with Crippen LogP contribution in [0.5, 0.6) is 0 Å². The molecule has 0 saturated carbocycles. The highest BCUT2D eigenvalue weighted by molar-refractivity contribution is 7.91. The maximum absolute atomic E-state index is 10.6. The van der Waals surface area contributed by atoms with Crippen molar-refractivity contribution in [3.63, 3.8) is 0 Å². The quantitative estimate of drug-likeness (QED) is 0.284. The number of hydrogen-bond donors (Lipinski definition) is 2. The lowest BCUT2D eigenvalue weighted by atomic mass is 10.7. The molecular formula is C5H10N2O3S2. The van der Waals surface area contributed by atoms with Crippen molar-refractivity contribution >= 4 is 27.4 Å². The van der Waals surface area contributed by atoms with Gasteiger partial charge in [0, 0.05) is 0 Å². The lowest BCUT2D eigenvalue weighted by Gasteiger charge is -2.06. The molecule has 0 heterocycles. The average Bonchev–Trinajstić information content (AvgIpc) is 1.84. The number of thiocarbonyl (C=S) groups is 1. The minimum atomic E-state index is -3.32. The van der Waals surface area contributed by atoms with E-state index in [1.54, 1.807) is 0 Å². The highest BCUT2D eigenvalue weighted by atomic mass is 32.2. The highest BCUT2D eigenvalue weighted by Crippen LogP contribution is 1.76. The number of hydroxylamine groups is 1. The van der Waals surface area contributed by atoms with E-state index in [0.29, 0.717) is 0 Å². The Hall–Kier alpha value is -0.660. The molecule has 0 rings (SSSR count). The van der Waals surface area contributed by atoms with Gasteiger partial charge < -0.3 is 0 Å². The van der Waals surface area contributed by atoms with E-state index in [1.807, 2.05) is 4.72 Å². The van der Waals surface area contributed by atoms with Crippen LogP contribution in [0.15, 0.2) is 12.7 Å². The average molecular weight is 210 g/mol. The Kier molecular flexibility index (Phi) is 4.79. The molecule has 7 heteroatoms. The third-order valence-corrected chi connectivity index (χ3v) is 1.53. The molecule has 0 atom stereocenters. The molecule has 70 valence electrons. The van der Waals surface area contributed by atoms with E-state index in [9.17, 15) is 8.42 Å². The second-order valence-corrected chi connectivity index (χ2v) is 4.06. The summed E-state index contributed by atoms with van der Waals surface area (Å²) in [6.07, 6.45) is 2.49. The van der Waals surface area contributed by atoms with Crippen LogP contribution in [0.2, 0.25) is 0 Å². The van der Waals surface area contributed by atoms with Crippen LogP contribution in [0.4, 0.5) is 0 Å². The number of hydrogen-bond acceptors (Lipinski definition) is 4. The van der Waals surface area contributed by atoms with Crippen LogP contribution in [-0.4, -0.2) is 26.4 Å². The van der Waals surface area contributed by atoms with Gasteiger partial charge in [0.25, 0.3) is 0 Å². The predicted molar refractivity (Wildman–Crippen MR) is 49.9 cm³/mol. The Morgan fingerprint density at radius 2 is 2.33 bits per heavy atom. The molecule has 2 N–H and O–H groups in total. The van der Waals surface area contributed by atoms with E-state index < -0.39 is 10.0 Å². The minimum Gasteiger partial charge on any atom is -0.270 e. The molecule has 0 aromatic heterocycles. The van der Waals surface area contributed by atoms with Gasteiger partial charge in [-0.2, -0.15) is 0 Å². The van der Waals surface area contributed by atoms with E-state index in [0.717, 1.165) is 6.26 Å². The fourth-order valence-electron chi connectivity index (χ4n) is 0.355. The largest absolute Gasteiger partial charge is 0.270 e. The van der Waals surface area contributed by atoms with Crippen molar-refractivity contribution in [1.82, 2.24) is 10.2 Å². The van der Waals surface area contributed by atoms with Crippen LogP contribution in [0.3, 0.4) is 0 Å². The van der Waals surface area contributed by atoms with Crippen molar-refractivity contribution in [2.24, 2.45) is 0 Å². The lowest BCUT2D eigenvalue weighted by molar-refractivity contribution is 0.111. The molecule has 0 spiro atoms. The smallest absolute Gasteiger partial charge is 0.231 e. The molecule has 0 unspecified atom stereocenters. The Labute approximate surface area is 76.8 Å². The van der Waals surface area contributed by atoms with Crippen LogP contribution in [-0.2, 0) is 14.9 Å². The molecule has 0 aliphatic carbocycles. The predicted octanol–water partition coefficient (Wildman–Crippen LogP) is -0.472. The fraction of sp³-hybridized carbons (Fsp3) is 0.400. The summed E-state index contributed by atoms with van der Waals surface area (Å²) in [5, 5.41) is -0.0978. The number of nitrogens with one attached hydrogen (secondary N) is 2. The van der Waals surface area contributed by atoms with Crippen LogP contribution in [0.25, 0.3) is 0 Å². The summed E-state index contributed by atoms with van der Waals surface area (Å²) in [5.74, 6) is 0. The van der Waals surface area contributed by atoms with E-state index in [2.05, 4.69) is 29.1 Å². The molecule has 0 aromatic rings. The first-order valence-corrected chi connectivity index (χ1v) is 5.26. The summed E-state index contributed by atoms with van der Waals surface area (Å²) in [6, 6.07) is 0. The SMILES string of the molecule is C=CCONC(=S)NS(C)(=O)=O. The molecule has 0 amide bonds. The lowest BCUT2D eigenvalue weighted by Crippen LogP contribution is -2.38. The number of rotatable bonds is 4. The van der Waals surface area contributed by atoms with Crippen LogP contribution in [0.1, 0.15) is 0 Å². The second-order valence-electron chi connectivity index (χ2n) is 1.91.